The molecule has 2 rings (SSSR count). The molecule has 0 amide bonds. The van der Waals surface area contributed by atoms with E-state index in [1.165, 1.54) is 5.56 Å². The lowest BCUT2D eigenvalue weighted by molar-refractivity contribution is -0.0737. The van der Waals surface area contributed by atoms with Crippen LogP contribution in [0.5, 0.6) is 0 Å². The number of nitrogens with one attached hydrogen (secondary N) is 1. The van der Waals surface area contributed by atoms with Crippen molar-refractivity contribution in [3.8, 4) is 0 Å². The van der Waals surface area contributed by atoms with Crippen molar-refractivity contribution in [2.45, 2.75) is 84.2 Å². The van der Waals surface area contributed by atoms with Gasteiger partial charge in [-0.1, -0.05) is 0 Å². The average Bonchev–Trinajstić information content (AvgIpc) is 2.76. The third kappa shape index (κ3) is 3.61. The molecule has 1 unspecified atom stereocenters. The Morgan fingerprint density at radius 3 is 2.50 bits per heavy atom. The number of aromatic nitrogens is 2. The molecule has 0 bridgehead atoms. The highest BCUT2D eigenvalue weighted by Crippen LogP contribution is 2.44. The van der Waals surface area contributed by atoms with Crippen LogP contribution in [0.1, 0.15) is 66.5 Å². The minimum atomic E-state index is -0.176. The van der Waals surface area contributed by atoms with Gasteiger partial charge in [0.25, 0.3) is 0 Å². The average molecular weight is 279 g/mol. The summed E-state index contributed by atoms with van der Waals surface area (Å²) in [6.07, 6.45) is 5.10. The first-order chi connectivity index (χ1) is 8.99. The Morgan fingerprint density at radius 1 is 1.35 bits per heavy atom. The quantitative estimate of drug-likeness (QED) is 0.923. The SMILES string of the molecule is CC(C)(C)NCc1cnn(C2CC(C)(C)OC2(C)C)c1. The smallest absolute Gasteiger partial charge is 0.0857 e. The van der Waals surface area contributed by atoms with Crippen molar-refractivity contribution in [2.24, 2.45) is 0 Å². The van der Waals surface area contributed by atoms with E-state index < -0.39 is 0 Å². The van der Waals surface area contributed by atoms with Gasteiger partial charge in [-0.25, -0.2) is 0 Å². The van der Waals surface area contributed by atoms with Crippen LogP contribution < -0.4 is 5.32 Å². The molecule has 0 aromatic carbocycles. The molecule has 114 valence electrons. The lowest BCUT2D eigenvalue weighted by Crippen LogP contribution is -2.35. The largest absolute Gasteiger partial charge is 0.367 e. The molecule has 1 aromatic heterocycles. The van der Waals surface area contributed by atoms with E-state index in [0.717, 1.165) is 13.0 Å². The van der Waals surface area contributed by atoms with Gasteiger partial charge in [-0.2, -0.15) is 5.10 Å². The number of nitrogens with zero attached hydrogens (tertiary/aromatic N) is 2. The molecule has 1 N–H and O–H groups in total. The van der Waals surface area contributed by atoms with E-state index in [4.69, 9.17) is 4.74 Å². The molecule has 4 heteroatoms. The molecular formula is C16H29N3O. The van der Waals surface area contributed by atoms with E-state index >= 15 is 0 Å². The van der Waals surface area contributed by atoms with Gasteiger partial charge in [-0.3, -0.25) is 4.68 Å². The molecule has 0 radical (unpaired) electrons. The molecular weight excluding hydrogens is 250 g/mol. The zero-order valence-electron chi connectivity index (χ0n) is 13.9. The van der Waals surface area contributed by atoms with E-state index in [9.17, 15) is 0 Å². The zero-order valence-corrected chi connectivity index (χ0v) is 13.9. The highest BCUT2D eigenvalue weighted by atomic mass is 16.5. The fourth-order valence-electron chi connectivity index (χ4n) is 2.95. The van der Waals surface area contributed by atoms with Crippen LogP contribution in [0.4, 0.5) is 0 Å². The van der Waals surface area contributed by atoms with Crippen LogP contribution in [0, 0.1) is 0 Å². The van der Waals surface area contributed by atoms with E-state index in [2.05, 4.69) is 69.8 Å². The summed E-state index contributed by atoms with van der Waals surface area (Å²) < 4.78 is 8.23. The predicted molar refractivity (Wildman–Crippen MR) is 81.7 cm³/mol. The van der Waals surface area contributed by atoms with Gasteiger partial charge in [0.05, 0.1) is 23.4 Å². The Kier molecular flexibility index (Phi) is 3.76. The zero-order chi connectivity index (χ0) is 15.2. The third-order valence-corrected chi connectivity index (χ3v) is 3.82. The van der Waals surface area contributed by atoms with Crippen LogP contribution in [0.3, 0.4) is 0 Å². The molecule has 1 fully saturated rings. The van der Waals surface area contributed by atoms with E-state index in [1.807, 2.05) is 6.20 Å². The van der Waals surface area contributed by atoms with Crippen molar-refractivity contribution >= 4 is 0 Å². The molecule has 1 saturated heterocycles. The number of ether oxygens (including phenoxy) is 1. The monoisotopic (exact) mass is 279 g/mol. The summed E-state index contributed by atoms with van der Waals surface area (Å²) in [7, 11) is 0. The molecule has 0 aliphatic carbocycles. The van der Waals surface area contributed by atoms with Gasteiger partial charge in [0.2, 0.25) is 0 Å². The summed E-state index contributed by atoms with van der Waals surface area (Å²) in [5.41, 5.74) is 1.09. The topological polar surface area (TPSA) is 39.1 Å². The van der Waals surface area contributed by atoms with Crippen molar-refractivity contribution in [1.82, 2.24) is 15.1 Å². The van der Waals surface area contributed by atoms with Crippen molar-refractivity contribution in [3.05, 3.63) is 18.0 Å². The minimum Gasteiger partial charge on any atom is -0.367 e. The summed E-state index contributed by atoms with van der Waals surface area (Å²) in [6, 6.07) is 0.292. The second-order valence-electron chi connectivity index (χ2n) is 8.12. The Balaban J connectivity index is 2.09. The summed E-state index contributed by atoms with van der Waals surface area (Å²) >= 11 is 0. The summed E-state index contributed by atoms with van der Waals surface area (Å²) in [5.74, 6) is 0. The molecule has 0 spiro atoms. The standard InChI is InChI=1S/C16H29N3O/c1-14(2,3)17-9-12-10-18-19(11-12)13-8-15(4,5)20-16(13,6)7/h10-11,13,17H,8-9H2,1-7H3. The first-order valence-corrected chi connectivity index (χ1v) is 7.47. The van der Waals surface area contributed by atoms with Gasteiger partial charge in [0.1, 0.15) is 0 Å². The van der Waals surface area contributed by atoms with E-state index in [1.54, 1.807) is 0 Å². The molecule has 4 nitrogen and oxygen atoms in total. The van der Waals surface area contributed by atoms with Gasteiger partial charge in [-0.05, 0) is 48.5 Å². The normalized spacial score (nSPS) is 25.1. The van der Waals surface area contributed by atoms with Crippen molar-refractivity contribution in [1.29, 1.82) is 0 Å². The van der Waals surface area contributed by atoms with Gasteiger partial charge in [0, 0.05) is 30.3 Å². The van der Waals surface area contributed by atoms with E-state index in [0.29, 0.717) is 6.04 Å². The second kappa shape index (κ2) is 4.85. The number of rotatable bonds is 3. The molecule has 1 aliphatic rings. The van der Waals surface area contributed by atoms with Crippen molar-refractivity contribution in [3.63, 3.8) is 0 Å². The Labute approximate surface area is 122 Å². The van der Waals surface area contributed by atoms with Crippen LogP contribution in [0.15, 0.2) is 12.4 Å². The fourth-order valence-corrected chi connectivity index (χ4v) is 2.95. The lowest BCUT2D eigenvalue weighted by Gasteiger charge is -2.27. The molecule has 1 aliphatic heterocycles. The van der Waals surface area contributed by atoms with Crippen LogP contribution in [-0.2, 0) is 11.3 Å². The number of hydrogen-bond donors (Lipinski definition) is 1. The first kappa shape index (κ1) is 15.5. The maximum absolute atomic E-state index is 6.15. The van der Waals surface area contributed by atoms with Gasteiger partial charge >= 0.3 is 0 Å². The fraction of sp³-hybridized carbons (Fsp3) is 0.812. The van der Waals surface area contributed by atoms with Gasteiger partial charge < -0.3 is 10.1 Å². The Hall–Kier alpha value is -0.870. The van der Waals surface area contributed by atoms with Gasteiger partial charge in [-0.15, -0.1) is 0 Å². The van der Waals surface area contributed by atoms with Crippen LogP contribution in [-0.4, -0.2) is 26.5 Å². The maximum Gasteiger partial charge on any atom is 0.0857 e. The summed E-state index contributed by atoms with van der Waals surface area (Å²) in [4.78, 5) is 0. The van der Waals surface area contributed by atoms with E-state index in [-0.39, 0.29) is 16.7 Å². The van der Waals surface area contributed by atoms with Crippen molar-refractivity contribution < 1.29 is 4.74 Å². The van der Waals surface area contributed by atoms with Crippen LogP contribution in [0.25, 0.3) is 0 Å². The Morgan fingerprint density at radius 2 is 2.00 bits per heavy atom. The molecule has 20 heavy (non-hydrogen) atoms. The highest BCUT2D eigenvalue weighted by Gasteiger charge is 2.47. The summed E-state index contributed by atoms with van der Waals surface area (Å²) in [5, 5.41) is 8.05. The Bertz CT molecular complexity index is 468. The highest BCUT2D eigenvalue weighted by molar-refractivity contribution is 5.07. The third-order valence-electron chi connectivity index (χ3n) is 3.82. The molecule has 0 saturated carbocycles. The minimum absolute atomic E-state index is 0.0794. The molecule has 1 aromatic rings. The van der Waals surface area contributed by atoms with Crippen LogP contribution >= 0.6 is 0 Å². The first-order valence-electron chi connectivity index (χ1n) is 7.47. The lowest BCUT2D eigenvalue weighted by atomic mass is 9.95. The molecule has 1 atom stereocenters. The maximum atomic E-state index is 6.15. The predicted octanol–water partition coefficient (Wildman–Crippen LogP) is 3.29. The van der Waals surface area contributed by atoms with Crippen LogP contribution in [0.2, 0.25) is 0 Å². The summed E-state index contributed by atoms with van der Waals surface area (Å²) in [6.45, 7) is 16.0. The molecule has 2 heterocycles. The number of hydrogen-bond acceptors (Lipinski definition) is 3. The van der Waals surface area contributed by atoms with Gasteiger partial charge in [0.15, 0.2) is 0 Å². The second-order valence-corrected chi connectivity index (χ2v) is 8.12. The van der Waals surface area contributed by atoms with Crippen molar-refractivity contribution in [2.75, 3.05) is 0 Å².